The molecule has 0 fully saturated rings. The molecule has 1 aliphatic heterocycles. The first-order chi connectivity index (χ1) is 6.17. The van der Waals surface area contributed by atoms with E-state index in [4.69, 9.17) is 5.73 Å². The van der Waals surface area contributed by atoms with E-state index >= 15 is 0 Å². The quantitative estimate of drug-likeness (QED) is 0.587. The molecule has 1 aromatic heterocycles. The Labute approximate surface area is 76.3 Å². The second-order valence-electron chi connectivity index (χ2n) is 3.39. The van der Waals surface area contributed by atoms with Crippen LogP contribution in [0.3, 0.4) is 0 Å². The van der Waals surface area contributed by atoms with Gasteiger partial charge in [0.1, 0.15) is 0 Å². The van der Waals surface area contributed by atoms with Crippen LogP contribution in [-0.4, -0.2) is 10.5 Å². The van der Waals surface area contributed by atoms with Crippen LogP contribution in [0.25, 0.3) is 6.08 Å². The highest BCUT2D eigenvalue weighted by molar-refractivity contribution is 5.41. The predicted molar refractivity (Wildman–Crippen MR) is 51.2 cm³/mol. The Hall–Kier alpha value is -1.48. The summed E-state index contributed by atoms with van der Waals surface area (Å²) >= 11 is 0. The second-order valence-corrected chi connectivity index (χ2v) is 3.39. The van der Waals surface area contributed by atoms with Crippen LogP contribution in [0.15, 0.2) is 35.7 Å². The van der Waals surface area contributed by atoms with E-state index in [1.54, 1.807) is 18.6 Å². The Morgan fingerprint density at radius 1 is 1.46 bits per heavy atom. The van der Waals surface area contributed by atoms with E-state index in [9.17, 15) is 0 Å². The molecule has 0 saturated carbocycles. The van der Waals surface area contributed by atoms with Crippen molar-refractivity contribution in [3.63, 3.8) is 0 Å². The molecule has 2 heterocycles. The summed E-state index contributed by atoms with van der Waals surface area (Å²) in [6.45, 7) is 1.93. The van der Waals surface area contributed by atoms with Crippen molar-refractivity contribution in [3.05, 3.63) is 41.3 Å². The zero-order chi connectivity index (χ0) is 9.31. The zero-order valence-corrected chi connectivity index (χ0v) is 7.44. The fraction of sp³-hybridized carbons (Fsp3) is 0.200. The molecular formula is C10H11N3. The highest BCUT2D eigenvalue weighted by Gasteiger charge is 2.10. The van der Waals surface area contributed by atoms with Gasteiger partial charge in [0, 0.05) is 23.8 Å². The lowest BCUT2D eigenvalue weighted by molar-refractivity contribution is 0.776. The van der Waals surface area contributed by atoms with E-state index in [1.807, 2.05) is 25.1 Å². The van der Waals surface area contributed by atoms with Crippen molar-refractivity contribution in [1.29, 1.82) is 0 Å². The molecule has 0 bridgehead atoms. The first kappa shape index (κ1) is 8.13. The van der Waals surface area contributed by atoms with E-state index < -0.39 is 5.54 Å². The second kappa shape index (κ2) is 2.78. The standard InChI is InChI=1S/C10H11N3/c1-10(11)3-5-13-9-2-4-12-7-8(9)6-10/h2-7H,11H2,1H3. The topological polar surface area (TPSA) is 51.3 Å². The average molecular weight is 173 g/mol. The molecule has 3 nitrogen and oxygen atoms in total. The Morgan fingerprint density at radius 3 is 3.15 bits per heavy atom. The van der Waals surface area contributed by atoms with Gasteiger partial charge in [-0.1, -0.05) is 6.08 Å². The maximum Gasteiger partial charge on any atom is 0.0730 e. The fourth-order valence-corrected chi connectivity index (χ4v) is 1.29. The summed E-state index contributed by atoms with van der Waals surface area (Å²) in [5, 5.41) is 1.90. The van der Waals surface area contributed by atoms with Gasteiger partial charge in [0.2, 0.25) is 0 Å². The Kier molecular flexibility index (Phi) is 1.74. The van der Waals surface area contributed by atoms with Crippen LogP contribution in [0.2, 0.25) is 0 Å². The summed E-state index contributed by atoms with van der Waals surface area (Å²) in [5.41, 5.74) is 5.53. The summed E-state index contributed by atoms with van der Waals surface area (Å²) in [5.74, 6) is 0. The molecule has 1 aliphatic rings. The van der Waals surface area contributed by atoms with Gasteiger partial charge >= 0.3 is 0 Å². The maximum absolute atomic E-state index is 5.96. The normalized spacial score (nSPS) is 25.4. The van der Waals surface area contributed by atoms with Gasteiger partial charge in [-0.3, -0.25) is 9.98 Å². The number of hydrogen-bond acceptors (Lipinski definition) is 3. The molecule has 3 heteroatoms. The van der Waals surface area contributed by atoms with Crippen LogP contribution in [-0.2, 0) is 0 Å². The predicted octanol–water partition coefficient (Wildman–Crippen LogP) is -0.274. The number of aromatic nitrogens is 1. The Morgan fingerprint density at radius 2 is 2.31 bits per heavy atom. The molecule has 0 amide bonds. The minimum absolute atomic E-state index is 0.433. The van der Waals surface area contributed by atoms with E-state index in [0.717, 1.165) is 10.6 Å². The summed E-state index contributed by atoms with van der Waals surface area (Å²) in [6, 6.07) is 1.87. The molecule has 13 heavy (non-hydrogen) atoms. The molecule has 0 spiro atoms. The number of nitrogens with two attached hydrogens (primary N) is 1. The third-order valence-corrected chi connectivity index (χ3v) is 1.94. The van der Waals surface area contributed by atoms with Crippen molar-refractivity contribution < 1.29 is 0 Å². The first-order valence-electron chi connectivity index (χ1n) is 4.15. The molecule has 2 N–H and O–H groups in total. The molecule has 1 unspecified atom stereocenters. The Balaban J connectivity index is 2.77. The number of nitrogens with zero attached hydrogens (tertiary/aromatic N) is 2. The lowest BCUT2D eigenvalue weighted by Crippen LogP contribution is -2.35. The summed E-state index contributed by atoms with van der Waals surface area (Å²) in [7, 11) is 0. The smallest absolute Gasteiger partial charge is 0.0730 e. The van der Waals surface area contributed by atoms with Gasteiger partial charge in [0.05, 0.1) is 10.9 Å². The van der Waals surface area contributed by atoms with Crippen LogP contribution < -0.4 is 16.3 Å². The van der Waals surface area contributed by atoms with Gasteiger partial charge in [-0.2, -0.15) is 0 Å². The molecule has 0 radical (unpaired) electrons. The molecule has 0 aliphatic carbocycles. The highest BCUT2D eigenvalue weighted by Crippen LogP contribution is 2.03. The van der Waals surface area contributed by atoms with Crippen molar-refractivity contribution in [1.82, 2.24) is 4.98 Å². The van der Waals surface area contributed by atoms with Gasteiger partial charge in [0.25, 0.3) is 0 Å². The van der Waals surface area contributed by atoms with E-state index in [-0.39, 0.29) is 0 Å². The number of rotatable bonds is 0. The summed E-state index contributed by atoms with van der Waals surface area (Å²) in [4.78, 5) is 8.28. The van der Waals surface area contributed by atoms with Gasteiger partial charge < -0.3 is 5.73 Å². The van der Waals surface area contributed by atoms with E-state index in [0.29, 0.717) is 0 Å². The summed E-state index contributed by atoms with van der Waals surface area (Å²) < 4.78 is 0. The molecule has 1 aromatic rings. The molecular weight excluding hydrogens is 162 g/mol. The monoisotopic (exact) mass is 173 g/mol. The lowest BCUT2D eigenvalue weighted by atomic mass is 10.0. The van der Waals surface area contributed by atoms with Crippen LogP contribution >= 0.6 is 0 Å². The van der Waals surface area contributed by atoms with Crippen LogP contribution in [0.1, 0.15) is 6.92 Å². The van der Waals surface area contributed by atoms with Crippen molar-refractivity contribution in [2.45, 2.75) is 12.5 Å². The Bertz CT molecular complexity index is 457. The largest absolute Gasteiger partial charge is 0.319 e. The fourth-order valence-electron chi connectivity index (χ4n) is 1.29. The number of hydrogen-bond donors (Lipinski definition) is 1. The SMILES string of the molecule is CC1(N)C=CN=c2ccncc2=C1. The van der Waals surface area contributed by atoms with E-state index in [2.05, 4.69) is 9.98 Å². The molecule has 0 aromatic carbocycles. The third kappa shape index (κ3) is 1.65. The van der Waals surface area contributed by atoms with Crippen molar-refractivity contribution >= 4 is 6.08 Å². The van der Waals surface area contributed by atoms with Crippen LogP contribution in [0.4, 0.5) is 0 Å². The number of pyridine rings is 1. The first-order valence-corrected chi connectivity index (χ1v) is 4.15. The summed E-state index contributed by atoms with van der Waals surface area (Å²) in [6.07, 6.45) is 9.07. The van der Waals surface area contributed by atoms with Crippen molar-refractivity contribution in [3.8, 4) is 0 Å². The van der Waals surface area contributed by atoms with Gasteiger partial charge in [-0.05, 0) is 19.1 Å². The molecule has 66 valence electrons. The zero-order valence-electron chi connectivity index (χ0n) is 7.44. The number of fused-ring (bicyclic) bond motifs is 1. The molecule has 0 saturated heterocycles. The molecule has 2 rings (SSSR count). The minimum atomic E-state index is -0.433. The highest BCUT2D eigenvalue weighted by atomic mass is 14.7. The molecule has 1 atom stereocenters. The van der Waals surface area contributed by atoms with Gasteiger partial charge in [-0.15, -0.1) is 0 Å². The van der Waals surface area contributed by atoms with E-state index in [1.165, 1.54) is 0 Å². The maximum atomic E-state index is 5.96. The van der Waals surface area contributed by atoms with Gasteiger partial charge in [-0.25, -0.2) is 0 Å². The third-order valence-electron chi connectivity index (χ3n) is 1.94. The average Bonchev–Trinajstić information content (AvgIpc) is 2.21. The van der Waals surface area contributed by atoms with Gasteiger partial charge in [0.15, 0.2) is 0 Å². The van der Waals surface area contributed by atoms with Crippen LogP contribution in [0.5, 0.6) is 0 Å². The minimum Gasteiger partial charge on any atom is -0.319 e. The van der Waals surface area contributed by atoms with Crippen molar-refractivity contribution in [2.24, 2.45) is 10.7 Å². The van der Waals surface area contributed by atoms with Crippen LogP contribution in [0, 0.1) is 0 Å². The van der Waals surface area contributed by atoms with Crippen molar-refractivity contribution in [2.75, 3.05) is 0 Å². The lowest BCUT2D eigenvalue weighted by Gasteiger charge is -2.12.